The molecule has 0 spiro atoms. The van der Waals surface area contributed by atoms with Crippen LogP contribution in [0, 0.1) is 5.92 Å². The first-order valence-corrected chi connectivity index (χ1v) is 6.89. The van der Waals surface area contributed by atoms with Crippen LogP contribution in [0.25, 0.3) is 0 Å². The lowest BCUT2D eigenvalue weighted by Crippen LogP contribution is -2.28. The van der Waals surface area contributed by atoms with Gasteiger partial charge in [0.05, 0.1) is 18.0 Å². The predicted molar refractivity (Wildman–Crippen MR) is 77.7 cm³/mol. The molecule has 0 amide bonds. The smallest absolute Gasteiger partial charge is 0.287 e. The minimum Gasteiger partial charge on any atom is -0.393 e. The lowest BCUT2D eigenvalue weighted by atomic mass is 10.1. The maximum atomic E-state index is 12.0. The zero-order valence-electron chi connectivity index (χ0n) is 11.9. The minimum atomic E-state index is -0.407. The summed E-state index contributed by atoms with van der Waals surface area (Å²) in [6.07, 6.45) is 1.73. The Kier molecular flexibility index (Phi) is 5.82. The third-order valence-corrected chi connectivity index (χ3v) is 2.98. The Balaban J connectivity index is 2.87. The molecule has 1 aromatic heterocycles. The fraction of sp³-hybridized carbons (Fsp3) is 0.692. The monoisotopic (exact) mass is 287 g/mol. The Morgan fingerprint density at radius 1 is 1.42 bits per heavy atom. The Hall–Kier alpha value is -1.07. The number of aliphatic hydroxyl groups is 1. The van der Waals surface area contributed by atoms with E-state index >= 15 is 0 Å². The van der Waals surface area contributed by atoms with Crippen LogP contribution in [0.3, 0.4) is 0 Å². The van der Waals surface area contributed by atoms with Crippen LogP contribution in [0.5, 0.6) is 0 Å². The zero-order valence-corrected chi connectivity index (χ0v) is 12.6. The average molecular weight is 288 g/mol. The summed E-state index contributed by atoms with van der Waals surface area (Å²) in [7, 11) is 0. The molecule has 5 nitrogen and oxygen atoms in total. The van der Waals surface area contributed by atoms with Crippen molar-refractivity contribution in [3.8, 4) is 0 Å². The maximum Gasteiger partial charge on any atom is 0.287 e. The fourth-order valence-corrected chi connectivity index (χ4v) is 2.08. The van der Waals surface area contributed by atoms with Crippen LogP contribution in [0.15, 0.2) is 11.0 Å². The summed E-state index contributed by atoms with van der Waals surface area (Å²) in [6, 6.07) is 0.0136. The molecule has 0 fully saturated rings. The van der Waals surface area contributed by atoms with Crippen molar-refractivity contribution in [3.05, 3.63) is 21.6 Å². The molecular weight excluding hydrogens is 266 g/mol. The Morgan fingerprint density at radius 3 is 2.58 bits per heavy atom. The number of aromatic nitrogens is 2. The summed E-state index contributed by atoms with van der Waals surface area (Å²) in [5, 5.41) is 16.7. The molecular formula is C13H22ClN3O2. The summed E-state index contributed by atoms with van der Waals surface area (Å²) in [5.74, 6) is 0.328. The normalized spacial score (nSPS) is 14.5. The fourth-order valence-electron chi connectivity index (χ4n) is 1.88. The van der Waals surface area contributed by atoms with Gasteiger partial charge in [-0.15, -0.1) is 0 Å². The number of halogens is 1. The molecule has 0 saturated heterocycles. The van der Waals surface area contributed by atoms with Crippen LogP contribution in [-0.4, -0.2) is 27.0 Å². The molecule has 2 atom stereocenters. The van der Waals surface area contributed by atoms with Crippen molar-refractivity contribution in [2.45, 2.75) is 52.8 Å². The lowest BCUT2D eigenvalue weighted by molar-refractivity contribution is 0.179. The summed E-state index contributed by atoms with van der Waals surface area (Å²) >= 11 is 6.06. The molecule has 2 N–H and O–H groups in total. The molecule has 19 heavy (non-hydrogen) atoms. The van der Waals surface area contributed by atoms with Gasteiger partial charge in [0, 0.05) is 12.6 Å². The van der Waals surface area contributed by atoms with Gasteiger partial charge in [-0.2, -0.15) is 5.10 Å². The molecule has 0 aromatic carbocycles. The van der Waals surface area contributed by atoms with Crippen molar-refractivity contribution < 1.29 is 5.11 Å². The van der Waals surface area contributed by atoms with E-state index in [1.165, 1.54) is 4.68 Å². The van der Waals surface area contributed by atoms with Crippen LogP contribution < -0.4 is 10.9 Å². The van der Waals surface area contributed by atoms with Crippen LogP contribution in [0.2, 0.25) is 5.02 Å². The van der Waals surface area contributed by atoms with Crippen molar-refractivity contribution >= 4 is 17.3 Å². The summed E-state index contributed by atoms with van der Waals surface area (Å²) < 4.78 is 1.37. The molecule has 6 heteroatoms. The molecule has 0 aliphatic carbocycles. The van der Waals surface area contributed by atoms with E-state index in [1.54, 1.807) is 13.1 Å². The molecule has 108 valence electrons. The van der Waals surface area contributed by atoms with E-state index in [4.69, 9.17) is 11.6 Å². The highest BCUT2D eigenvalue weighted by atomic mass is 35.5. The van der Waals surface area contributed by atoms with E-state index in [0.29, 0.717) is 24.6 Å². The SMILES string of the molecule is CC(C)Cn1ncc(NC(C)CC(C)O)c(Cl)c1=O. The van der Waals surface area contributed by atoms with Gasteiger partial charge in [0.15, 0.2) is 0 Å². The average Bonchev–Trinajstić information content (AvgIpc) is 2.27. The van der Waals surface area contributed by atoms with Crippen molar-refractivity contribution in [2.24, 2.45) is 5.92 Å². The second-order valence-electron chi connectivity index (χ2n) is 5.38. The van der Waals surface area contributed by atoms with Gasteiger partial charge in [-0.1, -0.05) is 25.4 Å². The van der Waals surface area contributed by atoms with Gasteiger partial charge in [-0.3, -0.25) is 4.79 Å². The number of nitrogens with one attached hydrogen (secondary N) is 1. The summed E-state index contributed by atoms with van der Waals surface area (Å²) in [5.41, 5.74) is 0.226. The Bertz CT molecular complexity index is 471. The lowest BCUT2D eigenvalue weighted by Gasteiger charge is -2.18. The molecule has 0 radical (unpaired) electrons. The highest BCUT2D eigenvalue weighted by Crippen LogP contribution is 2.17. The standard InChI is InChI=1S/C13H22ClN3O2/c1-8(2)7-17-13(19)12(14)11(6-15-17)16-9(3)5-10(4)18/h6,8-10,16,18H,5,7H2,1-4H3. The number of aliphatic hydroxyl groups excluding tert-OH is 1. The van der Waals surface area contributed by atoms with Crippen molar-refractivity contribution in [1.82, 2.24) is 9.78 Å². The van der Waals surface area contributed by atoms with Gasteiger partial charge in [0.1, 0.15) is 5.02 Å². The molecule has 0 aliphatic rings. The number of rotatable bonds is 6. The third-order valence-electron chi connectivity index (χ3n) is 2.62. The molecule has 1 rings (SSSR count). The van der Waals surface area contributed by atoms with Gasteiger partial charge in [-0.25, -0.2) is 4.68 Å². The molecule has 1 aromatic rings. The Labute approximate surface area is 118 Å². The highest BCUT2D eigenvalue weighted by Gasteiger charge is 2.13. The first-order chi connectivity index (χ1) is 8.81. The van der Waals surface area contributed by atoms with Gasteiger partial charge in [-0.05, 0) is 26.2 Å². The molecule has 2 unspecified atom stereocenters. The van der Waals surface area contributed by atoms with Crippen LogP contribution in [0.1, 0.15) is 34.1 Å². The second-order valence-corrected chi connectivity index (χ2v) is 5.76. The minimum absolute atomic E-state index is 0.0136. The van der Waals surface area contributed by atoms with Gasteiger partial charge >= 0.3 is 0 Å². The number of nitrogens with zero attached hydrogens (tertiary/aromatic N) is 2. The summed E-state index contributed by atoms with van der Waals surface area (Å²) in [6.45, 7) is 8.21. The Morgan fingerprint density at radius 2 is 2.05 bits per heavy atom. The highest BCUT2D eigenvalue weighted by molar-refractivity contribution is 6.32. The van der Waals surface area contributed by atoms with E-state index in [2.05, 4.69) is 10.4 Å². The number of anilines is 1. The van der Waals surface area contributed by atoms with Crippen LogP contribution >= 0.6 is 11.6 Å². The topological polar surface area (TPSA) is 67.2 Å². The third kappa shape index (κ3) is 4.84. The van der Waals surface area contributed by atoms with Gasteiger partial charge < -0.3 is 10.4 Å². The predicted octanol–water partition coefficient (Wildman–Crippen LogP) is 2.12. The molecule has 0 bridgehead atoms. The van der Waals surface area contributed by atoms with E-state index in [-0.39, 0.29) is 16.6 Å². The van der Waals surface area contributed by atoms with E-state index in [0.717, 1.165) is 0 Å². The maximum absolute atomic E-state index is 12.0. The van der Waals surface area contributed by atoms with Crippen LogP contribution in [0.4, 0.5) is 5.69 Å². The van der Waals surface area contributed by atoms with Crippen molar-refractivity contribution in [1.29, 1.82) is 0 Å². The van der Waals surface area contributed by atoms with Gasteiger partial charge in [0.2, 0.25) is 0 Å². The number of hydrogen-bond acceptors (Lipinski definition) is 4. The van der Waals surface area contributed by atoms with Crippen LogP contribution in [-0.2, 0) is 6.54 Å². The second kappa shape index (κ2) is 6.91. The molecule has 1 heterocycles. The number of hydrogen-bond donors (Lipinski definition) is 2. The van der Waals surface area contributed by atoms with Crippen molar-refractivity contribution in [3.63, 3.8) is 0 Å². The van der Waals surface area contributed by atoms with Gasteiger partial charge in [0.25, 0.3) is 5.56 Å². The van der Waals surface area contributed by atoms with E-state index in [9.17, 15) is 9.90 Å². The molecule has 0 aliphatic heterocycles. The van der Waals surface area contributed by atoms with E-state index < -0.39 is 6.10 Å². The zero-order chi connectivity index (χ0) is 14.6. The summed E-state index contributed by atoms with van der Waals surface area (Å²) in [4.78, 5) is 12.0. The molecule has 0 saturated carbocycles. The first kappa shape index (κ1) is 16.0. The first-order valence-electron chi connectivity index (χ1n) is 6.51. The quantitative estimate of drug-likeness (QED) is 0.841. The van der Waals surface area contributed by atoms with E-state index in [1.807, 2.05) is 20.8 Å². The largest absolute Gasteiger partial charge is 0.393 e. The van der Waals surface area contributed by atoms with Crippen molar-refractivity contribution in [2.75, 3.05) is 5.32 Å².